The molecule has 2 aromatic rings. The monoisotopic (exact) mass is 399 g/mol. The van der Waals surface area contributed by atoms with Crippen LogP contribution in [0.2, 0.25) is 0 Å². The Bertz CT molecular complexity index is 679. The highest BCUT2D eigenvalue weighted by molar-refractivity contribution is 9.10. The van der Waals surface area contributed by atoms with Crippen molar-refractivity contribution in [2.75, 3.05) is 26.1 Å². The van der Waals surface area contributed by atoms with E-state index in [0.29, 0.717) is 24.1 Å². The smallest absolute Gasteiger partial charge is 0.233 e. The lowest BCUT2D eigenvalue weighted by molar-refractivity contribution is -0.120. The highest BCUT2D eigenvalue weighted by Gasteiger charge is 2.20. The first-order valence-corrected chi connectivity index (χ1v) is 8.60. The van der Waals surface area contributed by atoms with Crippen LogP contribution in [0.4, 0.5) is 0 Å². The van der Waals surface area contributed by atoms with Crippen LogP contribution in [-0.2, 0) is 9.53 Å². The number of nitrogen functional groups attached to an aromatic ring is 1. The molecule has 9 heteroatoms. The molecule has 0 spiro atoms. The van der Waals surface area contributed by atoms with Gasteiger partial charge in [-0.05, 0) is 19.1 Å². The van der Waals surface area contributed by atoms with Crippen molar-refractivity contribution in [3.8, 4) is 11.4 Å². The summed E-state index contributed by atoms with van der Waals surface area (Å²) in [5, 5.41) is 11.1. The van der Waals surface area contributed by atoms with Gasteiger partial charge >= 0.3 is 0 Å². The molecule has 0 fully saturated rings. The van der Waals surface area contributed by atoms with Gasteiger partial charge in [0.05, 0.1) is 11.9 Å². The van der Waals surface area contributed by atoms with Crippen LogP contribution in [0.25, 0.3) is 11.4 Å². The van der Waals surface area contributed by atoms with Crippen molar-refractivity contribution in [1.29, 1.82) is 0 Å². The number of nitrogens with two attached hydrogens (primary N) is 1. The fourth-order valence-electron chi connectivity index (χ4n) is 1.82. The molecule has 1 amide bonds. The maximum absolute atomic E-state index is 12.0. The Morgan fingerprint density at radius 2 is 2.22 bits per heavy atom. The average molecular weight is 400 g/mol. The number of hydrogen-bond acceptors (Lipinski definition) is 6. The van der Waals surface area contributed by atoms with Gasteiger partial charge in [0.15, 0.2) is 5.82 Å². The Balaban J connectivity index is 2.08. The number of methoxy groups -OCH3 is 1. The van der Waals surface area contributed by atoms with Crippen molar-refractivity contribution < 1.29 is 9.53 Å². The average Bonchev–Trinajstić information content (AvgIpc) is 2.89. The minimum atomic E-state index is -0.342. The number of thioether (sulfide) groups is 1. The number of amides is 1. The molecule has 1 atom stereocenters. The molecule has 23 heavy (non-hydrogen) atoms. The SMILES string of the molecule is COCCNC(=O)[C@@H](C)Sc1nnc(-c2ccccc2Br)n1N. The predicted octanol–water partition coefficient (Wildman–Crippen LogP) is 1.66. The van der Waals surface area contributed by atoms with Gasteiger partial charge in [0.2, 0.25) is 11.1 Å². The van der Waals surface area contributed by atoms with Crippen LogP contribution in [0.5, 0.6) is 0 Å². The van der Waals surface area contributed by atoms with Crippen LogP contribution >= 0.6 is 27.7 Å². The number of hydrogen-bond donors (Lipinski definition) is 2. The quantitative estimate of drug-likeness (QED) is 0.417. The maximum Gasteiger partial charge on any atom is 0.233 e. The van der Waals surface area contributed by atoms with Gasteiger partial charge in [-0.15, -0.1) is 10.2 Å². The minimum absolute atomic E-state index is 0.0995. The van der Waals surface area contributed by atoms with Crippen LogP contribution in [-0.4, -0.2) is 46.3 Å². The fourth-order valence-corrected chi connectivity index (χ4v) is 3.07. The van der Waals surface area contributed by atoms with Crippen molar-refractivity contribution in [2.24, 2.45) is 0 Å². The first-order valence-electron chi connectivity index (χ1n) is 6.93. The van der Waals surface area contributed by atoms with Crippen molar-refractivity contribution in [2.45, 2.75) is 17.3 Å². The Kier molecular flexibility index (Phi) is 6.43. The Morgan fingerprint density at radius 1 is 1.48 bits per heavy atom. The topological polar surface area (TPSA) is 95.1 Å². The molecule has 0 aliphatic rings. The zero-order valence-electron chi connectivity index (χ0n) is 12.8. The van der Waals surface area contributed by atoms with Crippen LogP contribution in [0.15, 0.2) is 33.9 Å². The predicted molar refractivity (Wildman–Crippen MR) is 93.5 cm³/mol. The first-order chi connectivity index (χ1) is 11.0. The Morgan fingerprint density at radius 3 is 2.91 bits per heavy atom. The summed E-state index contributed by atoms with van der Waals surface area (Å²) in [5.74, 6) is 6.51. The molecule has 0 unspecified atom stereocenters. The standard InChI is InChI=1S/C14H18BrN5O2S/c1-9(13(21)17-7-8-22-2)23-14-19-18-12(20(14)16)10-5-3-4-6-11(10)15/h3-6,9H,7-8,16H2,1-2H3,(H,17,21)/t9-/m1/s1. The van der Waals surface area contributed by atoms with E-state index in [-0.39, 0.29) is 11.2 Å². The lowest BCUT2D eigenvalue weighted by Crippen LogP contribution is -2.33. The minimum Gasteiger partial charge on any atom is -0.383 e. The molecule has 1 aromatic carbocycles. The third-order valence-electron chi connectivity index (χ3n) is 3.04. The highest BCUT2D eigenvalue weighted by Crippen LogP contribution is 2.29. The molecule has 2 rings (SSSR count). The molecular weight excluding hydrogens is 382 g/mol. The van der Waals surface area contributed by atoms with Gasteiger partial charge < -0.3 is 15.9 Å². The number of rotatable bonds is 7. The van der Waals surface area contributed by atoms with Crippen molar-refractivity contribution in [3.05, 3.63) is 28.7 Å². The molecule has 0 aliphatic carbocycles. The van der Waals surface area contributed by atoms with E-state index in [1.807, 2.05) is 24.3 Å². The molecule has 1 heterocycles. The van der Waals surface area contributed by atoms with E-state index in [0.717, 1.165) is 10.0 Å². The zero-order chi connectivity index (χ0) is 16.8. The number of carbonyl (C=O) groups excluding carboxylic acids is 1. The van der Waals surface area contributed by atoms with Crippen LogP contribution in [0.3, 0.4) is 0 Å². The summed E-state index contributed by atoms with van der Waals surface area (Å²) in [6, 6.07) is 7.61. The van der Waals surface area contributed by atoms with E-state index in [2.05, 4.69) is 31.4 Å². The normalized spacial score (nSPS) is 12.1. The van der Waals surface area contributed by atoms with Gasteiger partial charge in [0.1, 0.15) is 0 Å². The number of carbonyl (C=O) groups is 1. The molecule has 0 saturated heterocycles. The lowest BCUT2D eigenvalue weighted by Gasteiger charge is -2.11. The number of aromatic nitrogens is 3. The van der Waals surface area contributed by atoms with E-state index in [9.17, 15) is 4.79 Å². The van der Waals surface area contributed by atoms with Crippen molar-refractivity contribution in [3.63, 3.8) is 0 Å². The van der Waals surface area contributed by atoms with Crippen LogP contribution in [0, 0.1) is 0 Å². The summed E-state index contributed by atoms with van der Waals surface area (Å²) in [6.07, 6.45) is 0. The van der Waals surface area contributed by atoms with Gasteiger partial charge in [-0.1, -0.05) is 39.8 Å². The summed E-state index contributed by atoms with van der Waals surface area (Å²) in [6.45, 7) is 2.74. The molecule has 0 aliphatic heterocycles. The number of ether oxygens (including phenoxy) is 1. The van der Waals surface area contributed by atoms with Crippen LogP contribution < -0.4 is 11.2 Å². The molecule has 0 bridgehead atoms. The number of nitrogens with one attached hydrogen (secondary N) is 1. The highest BCUT2D eigenvalue weighted by atomic mass is 79.9. The van der Waals surface area contributed by atoms with E-state index < -0.39 is 0 Å². The van der Waals surface area contributed by atoms with Gasteiger partial charge in [0, 0.05) is 23.7 Å². The third kappa shape index (κ3) is 4.46. The van der Waals surface area contributed by atoms with E-state index in [1.54, 1.807) is 14.0 Å². The number of halogens is 1. The molecule has 3 N–H and O–H groups in total. The second kappa shape index (κ2) is 8.32. The van der Waals surface area contributed by atoms with E-state index >= 15 is 0 Å². The van der Waals surface area contributed by atoms with Crippen molar-refractivity contribution in [1.82, 2.24) is 20.2 Å². The van der Waals surface area contributed by atoms with Crippen molar-refractivity contribution >= 4 is 33.6 Å². The summed E-state index contributed by atoms with van der Waals surface area (Å²) >= 11 is 4.72. The third-order valence-corrected chi connectivity index (χ3v) is 4.78. The van der Waals surface area contributed by atoms with E-state index in [1.165, 1.54) is 16.4 Å². The second-order valence-electron chi connectivity index (χ2n) is 4.70. The molecule has 1 aromatic heterocycles. The molecule has 7 nitrogen and oxygen atoms in total. The Labute approximate surface area is 147 Å². The summed E-state index contributed by atoms with van der Waals surface area (Å²) in [5.41, 5.74) is 0.839. The molecule has 0 saturated carbocycles. The largest absolute Gasteiger partial charge is 0.383 e. The Hall–Kier alpha value is -1.58. The number of nitrogens with zero attached hydrogens (tertiary/aromatic N) is 3. The lowest BCUT2D eigenvalue weighted by atomic mass is 10.2. The van der Waals surface area contributed by atoms with Crippen LogP contribution in [0.1, 0.15) is 6.92 Å². The summed E-state index contributed by atoms with van der Waals surface area (Å²) < 4.78 is 7.17. The van der Waals surface area contributed by atoms with Gasteiger partial charge in [-0.25, -0.2) is 4.68 Å². The number of benzene rings is 1. The fraction of sp³-hybridized carbons (Fsp3) is 0.357. The zero-order valence-corrected chi connectivity index (χ0v) is 15.2. The maximum atomic E-state index is 12.0. The molecule has 124 valence electrons. The van der Waals surface area contributed by atoms with Gasteiger partial charge in [-0.3, -0.25) is 4.79 Å². The van der Waals surface area contributed by atoms with Gasteiger partial charge in [-0.2, -0.15) is 0 Å². The summed E-state index contributed by atoms with van der Waals surface area (Å²) in [4.78, 5) is 12.0. The molecule has 0 radical (unpaired) electrons. The molecular formula is C14H18BrN5O2S. The summed E-state index contributed by atoms with van der Waals surface area (Å²) in [7, 11) is 1.59. The second-order valence-corrected chi connectivity index (χ2v) is 6.86. The first kappa shape index (κ1) is 17.8. The van der Waals surface area contributed by atoms with E-state index in [4.69, 9.17) is 10.6 Å². The van der Waals surface area contributed by atoms with Gasteiger partial charge in [0.25, 0.3) is 0 Å².